The summed E-state index contributed by atoms with van der Waals surface area (Å²) in [7, 11) is 3.82. The number of allylic oxidation sites excluding steroid dienone is 1. The Labute approximate surface area is 84.9 Å². The van der Waals surface area contributed by atoms with Crippen molar-refractivity contribution in [3.63, 3.8) is 0 Å². The maximum absolute atomic E-state index is 11.4. The van der Waals surface area contributed by atoms with Crippen molar-refractivity contribution in [3.05, 3.63) is 42.1 Å². The molecule has 0 spiro atoms. The molecule has 0 bridgehead atoms. The van der Waals surface area contributed by atoms with E-state index >= 15 is 0 Å². The normalized spacial score (nSPS) is 11.2. The Morgan fingerprint density at radius 1 is 1.21 bits per heavy atom. The molecule has 0 amide bonds. The fourth-order valence-electron chi connectivity index (χ4n) is 1.24. The SMILES string of the molecule is CC(=O)/C(=C\N(C)C)c1ccccc1. The first-order valence-corrected chi connectivity index (χ1v) is 4.56. The van der Waals surface area contributed by atoms with Gasteiger partial charge in [-0.25, -0.2) is 0 Å². The van der Waals surface area contributed by atoms with Crippen molar-refractivity contribution in [1.29, 1.82) is 0 Å². The number of hydrogen-bond donors (Lipinski definition) is 0. The molecule has 0 unspecified atom stereocenters. The van der Waals surface area contributed by atoms with Gasteiger partial charge in [-0.05, 0) is 12.5 Å². The van der Waals surface area contributed by atoms with E-state index in [1.807, 2.05) is 55.5 Å². The van der Waals surface area contributed by atoms with Gasteiger partial charge in [0.15, 0.2) is 5.78 Å². The molecule has 0 aliphatic rings. The van der Waals surface area contributed by atoms with E-state index in [4.69, 9.17) is 0 Å². The van der Waals surface area contributed by atoms with Crippen LogP contribution >= 0.6 is 0 Å². The maximum atomic E-state index is 11.4. The van der Waals surface area contributed by atoms with Crippen LogP contribution in [0.2, 0.25) is 0 Å². The van der Waals surface area contributed by atoms with Gasteiger partial charge < -0.3 is 4.90 Å². The number of rotatable bonds is 3. The van der Waals surface area contributed by atoms with Gasteiger partial charge in [0.1, 0.15) is 0 Å². The highest BCUT2D eigenvalue weighted by atomic mass is 16.1. The molecule has 2 heteroatoms. The molecule has 0 heterocycles. The van der Waals surface area contributed by atoms with Crippen molar-refractivity contribution in [3.8, 4) is 0 Å². The third-order valence-electron chi connectivity index (χ3n) is 1.85. The van der Waals surface area contributed by atoms with Crippen LogP contribution in [0.15, 0.2) is 36.5 Å². The number of carbonyl (C=O) groups is 1. The molecule has 0 aliphatic carbocycles. The molecule has 0 saturated carbocycles. The molecule has 1 aromatic rings. The van der Waals surface area contributed by atoms with Gasteiger partial charge in [-0.15, -0.1) is 0 Å². The molecule has 14 heavy (non-hydrogen) atoms. The van der Waals surface area contributed by atoms with E-state index in [-0.39, 0.29) is 5.78 Å². The van der Waals surface area contributed by atoms with Crippen molar-refractivity contribution in [2.45, 2.75) is 6.92 Å². The predicted molar refractivity (Wildman–Crippen MR) is 58.8 cm³/mol. The van der Waals surface area contributed by atoms with Crippen molar-refractivity contribution in [2.24, 2.45) is 0 Å². The molecule has 0 fully saturated rings. The monoisotopic (exact) mass is 189 g/mol. The van der Waals surface area contributed by atoms with Gasteiger partial charge in [0.05, 0.1) is 0 Å². The Morgan fingerprint density at radius 2 is 1.79 bits per heavy atom. The minimum Gasteiger partial charge on any atom is -0.383 e. The second kappa shape index (κ2) is 4.61. The maximum Gasteiger partial charge on any atom is 0.161 e. The first-order chi connectivity index (χ1) is 6.61. The van der Waals surface area contributed by atoms with Crippen molar-refractivity contribution in [1.82, 2.24) is 4.90 Å². The first kappa shape index (κ1) is 10.5. The number of benzene rings is 1. The quantitative estimate of drug-likeness (QED) is 0.679. The third kappa shape index (κ3) is 2.73. The van der Waals surface area contributed by atoms with E-state index in [0.29, 0.717) is 0 Å². The molecule has 0 aromatic heterocycles. The molecule has 0 atom stereocenters. The Kier molecular flexibility index (Phi) is 3.46. The molecule has 0 aliphatic heterocycles. The van der Waals surface area contributed by atoms with Crippen molar-refractivity contribution < 1.29 is 4.79 Å². The summed E-state index contributed by atoms with van der Waals surface area (Å²) in [6.07, 6.45) is 1.84. The van der Waals surface area contributed by atoms with E-state index in [9.17, 15) is 4.79 Å². The molecule has 0 saturated heterocycles. The second-order valence-corrected chi connectivity index (χ2v) is 3.43. The lowest BCUT2D eigenvalue weighted by atomic mass is 10.0. The lowest BCUT2D eigenvalue weighted by molar-refractivity contribution is -0.111. The molecular weight excluding hydrogens is 174 g/mol. The topological polar surface area (TPSA) is 20.3 Å². The number of hydrogen-bond acceptors (Lipinski definition) is 2. The smallest absolute Gasteiger partial charge is 0.161 e. The molecule has 74 valence electrons. The Balaban J connectivity index is 3.08. The van der Waals surface area contributed by atoms with Gasteiger partial charge in [-0.3, -0.25) is 4.79 Å². The molecule has 0 N–H and O–H groups in total. The fraction of sp³-hybridized carbons (Fsp3) is 0.250. The summed E-state index contributed by atoms with van der Waals surface area (Å²) in [5.41, 5.74) is 1.71. The number of nitrogens with zero attached hydrogens (tertiary/aromatic N) is 1. The highest BCUT2D eigenvalue weighted by Gasteiger charge is 2.06. The minimum atomic E-state index is 0.0879. The summed E-state index contributed by atoms with van der Waals surface area (Å²) in [6, 6.07) is 9.69. The Morgan fingerprint density at radius 3 is 2.21 bits per heavy atom. The zero-order valence-electron chi connectivity index (χ0n) is 8.82. The fourth-order valence-corrected chi connectivity index (χ4v) is 1.24. The number of Topliss-reactive ketones (excluding diaryl/α,β-unsaturated/α-hetero) is 1. The lowest BCUT2D eigenvalue weighted by Crippen LogP contribution is -2.06. The van der Waals surface area contributed by atoms with Crippen LogP contribution in [0.5, 0.6) is 0 Å². The van der Waals surface area contributed by atoms with E-state index in [1.54, 1.807) is 6.92 Å². The Bertz CT molecular complexity index is 339. The molecule has 1 aromatic carbocycles. The average molecular weight is 189 g/mol. The summed E-state index contributed by atoms with van der Waals surface area (Å²) in [5.74, 6) is 0.0879. The van der Waals surface area contributed by atoms with Gasteiger partial charge in [0.2, 0.25) is 0 Å². The largest absolute Gasteiger partial charge is 0.383 e. The van der Waals surface area contributed by atoms with E-state index in [2.05, 4.69) is 0 Å². The van der Waals surface area contributed by atoms with Crippen LogP contribution in [0, 0.1) is 0 Å². The summed E-state index contributed by atoms with van der Waals surface area (Å²) in [6.45, 7) is 1.59. The highest BCUT2D eigenvalue weighted by molar-refractivity contribution is 6.19. The van der Waals surface area contributed by atoms with Crippen molar-refractivity contribution in [2.75, 3.05) is 14.1 Å². The number of ketones is 1. The Hall–Kier alpha value is -1.57. The van der Waals surface area contributed by atoms with E-state index in [0.717, 1.165) is 11.1 Å². The molecule has 2 nitrogen and oxygen atoms in total. The van der Waals surface area contributed by atoms with E-state index in [1.165, 1.54) is 0 Å². The van der Waals surface area contributed by atoms with Crippen molar-refractivity contribution >= 4 is 11.4 Å². The summed E-state index contributed by atoms with van der Waals surface area (Å²) in [5, 5.41) is 0. The molecule has 1 rings (SSSR count). The lowest BCUT2D eigenvalue weighted by Gasteiger charge is -2.09. The van der Waals surface area contributed by atoms with Crippen LogP contribution in [-0.2, 0) is 4.79 Å². The summed E-state index contributed by atoms with van der Waals surface area (Å²) in [4.78, 5) is 13.3. The third-order valence-corrected chi connectivity index (χ3v) is 1.85. The second-order valence-electron chi connectivity index (χ2n) is 3.43. The van der Waals surface area contributed by atoms with Crippen LogP contribution in [0.3, 0.4) is 0 Å². The van der Waals surface area contributed by atoms with Gasteiger partial charge in [0, 0.05) is 25.9 Å². The van der Waals surface area contributed by atoms with Crippen LogP contribution in [-0.4, -0.2) is 24.8 Å². The zero-order valence-corrected chi connectivity index (χ0v) is 8.82. The van der Waals surface area contributed by atoms with Gasteiger partial charge in [-0.2, -0.15) is 0 Å². The van der Waals surface area contributed by atoms with Crippen LogP contribution in [0.1, 0.15) is 12.5 Å². The van der Waals surface area contributed by atoms with Gasteiger partial charge in [-0.1, -0.05) is 30.3 Å². The van der Waals surface area contributed by atoms with Gasteiger partial charge >= 0.3 is 0 Å². The van der Waals surface area contributed by atoms with Crippen LogP contribution < -0.4 is 0 Å². The summed E-state index contributed by atoms with van der Waals surface area (Å²) < 4.78 is 0. The molecular formula is C12H15NO. The number of carbonyl (C=O) groups excluding carboxylic acids is 1. The minimum absolute atomic E-state index is 0.0879. The van der Waals surface area contributed by atoms with E-state index < -0.39 is 0 Å². The van der Waals surface area contributed by atoms with Crippen LogP contribution in [0.25, 0.3) is 5.57 Å². The predicted octanol–water partition coefficient (Wildman–Crippen LogP) is 2.18. The summed E-state index contributed by atoms with van der Waals surface area (Å²) >= 11 is 0. The first-order valence-electron chi connectivity index (χ1n) is 4.56. The average Bonchev–Trinajstić information content (AvgIpc) is 2.15. The van der Waals surface area contributed by atoms with Crippen LogP contribution in [0.4, 0.5) is 0 Å². The standard InChI is InChI=1S/C12H15NO/c1-10(14)12(9-13(2)3)11-7-5-4-6-8-11/h4-9H,1-3H3/b12-9+. The zero-order chi connectivity index (χ0) is 10.6. The van der Waals surface area contributed by atoms with Gasteiger partial charge in [0.25, 0.3) is 0 Å². The highest BCUT2D eigenvalue weighted by Crippen LogP contribution is 2.14. The molecule has 0 radical (unpaired) electrons.